The molecule has 0 spiro atoms. The molecule has 0 fully saturated rings. The second-order valence-electron chi connectivity index (χ2n) is 3.13. The van der Waals surface area contributed by atoms with Gasteiger partial charge in [0.1, 0.15) is 5.69 Å². The lowest BCUT2D eigenvalue weighted by Gasteiger charge is -1.97. The molecule has 0 saturated heterocycles. The first-order chi connectivity index (χ1) is 6.79. The smallest absolute Gasteiger partial charge is 0.113 e. The van der Waals surface area contributed by atoms with E-state index in [0.29, 0.717) is 0 Å². The molecule has 1 heterocycles. The largest absolute Gasteiger partial charge is 0.392 e. The van der Waals surface area contributed by atoms with Gasteiger partial charge in [0.2, 0.25) is 0 Å². The molecule has 2 rings (SSSR count). The summed E-state index contributed by atoms with van der Waals surface area (Å²) in [4.78, 5) is 0. The van der Waals surface area contributed by atoms with Gasteiger partial charge in [0.25, 0.3) is 0 Å². The van der Waals surface area contributed by atoms with Crippen molar-refractivity contribution in [1.82, 2.24) is 15.0 Å². The van der Waals surface area contributed by atoms with Gasteiger partial charge in [0, 0.05) is 12.6 Å². The van der Waals surface area contributed by atoms with Gasteiger partial charge in [0.05, 0.1) is 12.8 Å². The van der Waals surface area contributed by atoms with Gasteiger partial charge in [-0.1, -0.05) is 29.5 Å². The molecule has 0 unspecified atom stereocenters. The van der Waals surface area contributed by atoms with Gasteiger partial charge < -0.3 is 5.11 Å². The highest BCUT2D eigenvalue weighted by Gasteiger charge is 2.01. The van der Waals surface area contributed by atoms with Crippen molar-refractivity contribution in [3.05, 3.63) is 36.0 Å². The molecular weight excluding hydrogens is 178 g/mol. The van der Waals surface area contributed by atoms with Crippen LogP contribution in [0.15, 0.2) is 30.5 Å². The Bertz CT molecular complexity index is 419. The zero-order valence-electron chi connectivity index (χ0n) is 7.88. The van der Waals surface area contributed by atoms with Crippen molar-refractivity contribution in [2.24, 2.45) is 7.05 Å². The van der Waals surface area contributed by atoms with Crippen molar-refractivity contribution in [2.45, 2.75) is 6.61 Å². The third kappa shape index (κ3) is 1.65. The number of hydrogen-bond acceptors (Lipinski definition) is 3. The van der Waals surface area contributed by atoms with Crippen molar-refractivity contribution in [3.8, 4) is 11.3 Å². The third-order valence-corrected chi connectivity index (χ3v) is 2.03. The minimum Gasteiger partial charge on any atom is -0.392 e. The second kappa shape index (κ2) is 3.59. The minimum atomic E-state index is 0.0702. The Kier molecular flexibility index (Phi) is 2.28. The van der Waals surface area contributed by atoms with Crippen molar-refractivity contribution in [1.29, 1.82) is 0 Å². The highest BCUT2D eigenvalue weighted by atomic mass is 16.3. The van der Waals surface area contributed by atoms with Crippen LogP contribution in [0, 0.1) is 0 Å². The fourth-order valence-corrected chi connectivity index (χ4v) is 1.26. The number of rotatable bonds is 2. The monoisotopic (exact) mass is 189 g/mol. The molecule has 4 nitrogen and oxygen atoms in total. The zero-order chi connectivity index (χ0) is 9.97. The Balaban J connectivity index is 2.33. The molecule has 0 aliphatic carbocycles. The van der Waals surface area contributed by atoms with E-state index in [4.69, 9.17) is 5.11 Å². The number of aromatic nitrogens is 3. The van der Waals surface area contributed by atoms with Crippen molar-refractivity contribution in [2.75, 3.05) is 0 Å². The molecule has 0 bridgehead atoms. The number of aliphatic hydroxyl groups is 1. The topological polar surface area (TPSA) is 50.9 Å². The summed E-state index contributed by atoms with van der Waals surface area (Å²) in [6.07, 6.45) is 1.86. The maximum absolute atomic E-state index is 8.87. The number of aryl methyl sites for hydroxylation is 1. The van der Waals surface area contributed by atoms with Crippen LogP contribution in [-0.4, -0.2) is 20.1 Å². The summed E-state index contributed by atoms with van der Waals surface area (Å²) in [5.74, 6) is 0. The van der Waals surface area contributed by atoms with Gasteiger partial charge in [-0.15, -0.1) is 5.10 Å². The number of nitrogens with zero attached hydrogens (tertiary/aromatic N) is 3. The summed E-state index contributed by atoms with van der Waals surface area (Å²) in [7, 11) is 1.83. The molecule has 14 heavy (non-hydrogen) atoms. The molecule has 0 radical (unpaired) electrons. The standard InChI is InChI=1S/C10H11N3O/c1-13-6-10(11-12-13)9-4-2-8(7-14)3-5-9/h2-6,14H,7H2,1H3. The molecule has 72 valence electrons. The lowest BCUT2D eigenvalue weighted by Crippen LogP contribution is -1.85. The van der Waals surface area contributed by atoms with Crippen LogP contribution >= 0.6 is 0 Å². The van der Waals surface area contributed by atoms with Crippen LogP contribution in [0.5, 0.6) is 0 Å². The van der Waals surface area contributed by atoms with E-state index in [2.05, 4.69) is 10.3 Å². The second-order valence-corrected chi connectivity index (χ2v) is 3.13. The van der Waals surface area contributed by atoms with Gasteiger partial charge in [-0.05, 0) is 5.56 Å². The average molecular weight is 189 g/mol. The lowest BCUT2D eigenvalue weighted by atomic mass is 10.1. The van der Waals surface area contributed by atoms with Crippen LogP contribution < -0.4 is 0 Å². The van der Waals surface area contributed by atoms with Gasteiger partial charge in [-0.2, -0.15) is 0 Å². The van der Waals surface area contributed by atoms with Crippen LogP contribution in [0.25, 0.3) is 11.3 Å². The van der Waals surface area contributed by atoms with Crippen LogP contribution in [0.4, 0.5) is 0 Å². The maximum Gasteiger partial charge on any atom is 0.113 e. The van der Waals surface area contributed by atoms with Crippen molar-refractivity contribution in [3.63, 3.8) is 0 Å². The van der Waals surface area contributed by atoms with E-state index in [1.165, 1.54) is 0 Å². The summed E-state index contributed by atoms with van der Waals surface area (Å²) < 4.78 is 1.66. The molecule has 0 amide bonds. The normalized spacial score (nSPS) is 10.4. The Hall–Kier alpha value is -1.68. The summed E-state index contributed by atoms with van der Waals surface area (Å²) in [6.45, 7) is 0.0702. The molecule has 4 heteroatoms. The highest BCUT2D eigenvalue weighted by molar-refractivity contribution is 5.57. The van der Waals surface area contributed by atoms with Gasteiger partial charge in [0.15, 0.2) is 0 Å². The lowest BCUT2D eigenvalue weighted by molar-refractivity contribution is 0.282. The highest BCUT2D eigenvalue weighted by Crippen LogP contribution is 2.16. The fraction of sp³-hybridized carbons (Fsp3) is 0.200. The Morgan fingerprint density at radius 3 is 2.50 bits per heavy atom. The number of hydrogen-bond donors (Lipinski definition) is 1. The SMILES string of the molecule is Cn1cc(-c2ccc(CO)cc2)nn1. The predicted molar refractivity (Wildman–Crippen MR) is 52.4 cm³/mol. The quantitative estimate of drug-likeness (QED) is 0.766. The molecule has 0 aliphatic heterocycles. The Morgan fingerprint density at radius 2 is 2.00 bits per heavy atom. The molecular formula is C10H11N3O. The van der Waals surface area contributed by atoms with Crippen LogP contribution in [-0.2, 0) is 13.7 Å². The van der Waals surface area contributed by atoms with Gasteiger partial charge in [-0.3, -0.25) is 4.68 Å². The Morgan fingerprint density at radius 1 is 1.29 bits per heavy atom. The first kappa shape index (κ1) is 8.90. The first-order valence-electron chi connectivity index (χ1n) is 4.36. The summed E-state index contributed by atoms with van der Waals surface area (Å²) >= 11 is 0. The van der Waals surface area contributed by atoms with E-state index < -0.39 is 0 Å². The van der Waals surface area contributed by atoms with Crippen LogP contribution in [0.2, 0.25) is 0 Å². The van der Waals surface area contributed by atoms with Crippen molar-refractivity contribution < 1.29 is 5.11 Å². The maximum atomic E-state index is 8.87. The van der Waals surface area contributed by atoms with E-state index in [9.17, 15) is 0 Å². The van der Waals surface area contributed by atoms with Crippen molar-refractivity contribution >= 4 is 0 Å². The molecule has 1 aromatic carbocycles. The van der Waals surface area contributed by atoms with E-state index in [0.717, 1.165) is 16.8 Å². The van der Waals surface area contributed by atoms with Gasteiger partial charge >= 0.3 is 0 Å². The zero-order valence-corrected chi connectivity index (χ0v) is 7.88. The summed E-state index contributed by atoms with van der Waals surface area (Å²) in [6, 6.07) is 7.61. The van der Waals surface area contributed by atoms with Crippen LogP contribution in [0.3, 0.4) is 0 Å². The molecule has 0 saturated carbocycles. The van der Waals surface area contributed by atoms with E-state index in [1.54, 1.807) is 4.68 Å². The molecule has 0 aliphatic rings. The first-order valence-corrected chi connectivity index (χ1v) is 4.36. The number of aliphatic hydroxyl groups excluding tert-OH is 1. The molecule has 1 aromatic heterocycles. The third-order valence-electron chi connectivity index (χ3n) is 2.03. The molecule has 1 N–H and O–H groups in total. The van der Waals surface area contributed by atoms with Gasteiger partial charge in [-0.25, -0.2) is 0 Å². The molecule has 0 atom stereocenters. The average Bonchev–Trinajstić information content (AvgIpc) is 2.65. The van der Waals surface area contributed by atoms with E-state index in [-0.39, 0.29) is 6.61 Å². The number of benzene rings is 1. The fourth-order valence-electron chi connectivity index (χ4n) is 1.26. The summed E-state index contributed by atoms with van der Waals surface area (Å²) in [5, 5.41) is 16.7. The van der Waals surface area contributed by atoms with Crippen LogP contribution in [0.1, 0.15) is 5.56 Å². The van der Waals surface area contributed by atoms with E-state index in [1.807, 2.05) is 37.5 Å². The molecule has 2 aromatic rings. The van der Waals surface area contributed by atoms with E-state index >= 15 is 0 Å². The minimum absolute atomic E-state index is 0.0702. The predicted octanol–water partition coefficient (Wildman–Crippen LogP) is 0.974. The Labute approximate surface area is 81.8 Å². The summed E-state index contributed by atoms with van der Waals surface area (Å²) in [5.41, 5.74) is 2.75.